The van der Waals surface area contributed by atoms with E-state index in [1.54, 1.807) is 11.3 Å². The number of halogens is 1. The molecule has 34 heavy (non-hydrogen) atoms. The van der Waals surface area contributed by atoms with Gasteiger partial charge in [0, 0.05) is 26.8 Å². The summed E-state index contributed by atoms with van der Waals surface area (Å²) in [7, 11) is 0. The van der Waals surface area contributed by atoms with Gasteiger partial charge in [-0.1, -0.05) is 48.9 Å². The van der Waals surface area contributed by atoms with Crippen LogP contribution in [0.5, 0.6) is 0 Å². The van der Waals surface area contributed by atoms with Crippen LogP contribution in [0.25, 0.3) is 22.9 Å². The summed E-state index contributed by atoms with van der Waals surface area (Å²) in [6, 6.07) is 19.2. The summed E-state index contributed by atoms with van der Waals surface area (Å²) in [4.78, 5) is 22.6. The van der Waals surface area contributed by atoms with Gasteiger partial charge in [-0.2, -0.15) is 0 Å². The van der Waals surface area contributed by atoms with Crippen LogP contribution in [-0.2, 0) is 17.6 Å². The summed E-state index contributed by atoms with van der Waals surface area (Å²) in [5.74, 6) is 0.599. The number of benzene rings is 2. The average molecular weight is 490 g/mol. The number of hydrogen-bond acceptors (Lipinski definition) is 5. The van der Waals surface area contributed by atoms with E-state index in [2.05, 4.69) is 30.5 Å². The minimum atomic E-state index is -0.844. The highest BCUT2D eigenvalue weighted by Gasteiger charge is 2.13. The van der Waals surface area contributed by atoms with Gasteiger partial charge in [0.1, 0.15) is 5.82 Å². The maximum atomic E-state index is 10.9. The molecule has 0 spiro atoms. The minimum Gasteiger partial charge on any atom is -0.481 e. The zero-order chi connectivity index (χ0) is 24.1. The molecule has 0 atom stereocenters. The number of carbonyl (C=O) groups is 1. The molecular weight excluding hydrogens is 466 g/mol. The Morgan fingerprint density at radius 1 is 1.03 bits per heavy atom. The first kappa shape index (κ1) is 23.7. The van der Waals surface area contributed by atoms with Gasteiger partial charge in [-0.3, -0.25) is 4.79 Å². The number of anilines is 2. The summed E-state index contributed by atoms with van der Waals surface area (Å²) in [5, 5.41) is 13.1. The van der Waals surface area contributed by atoms with Gasteiger partial charge >= 0.3 is 5.97 Å². The van der Waals surface area contributed by atoms with Crippen LogP contribution in [0.2, 0.25) is 5.02 Å². The molecular formula is C27H24ClN3O2S. The molecule has 4 aromatic rings. The molecule has 0 saturated carbocycles. The molecule has 0 fully saturated rings. The highest BCUT2D eigenvalue weighted by molar-refractivity contribution is 7.16. The van der Waals surface area contributed by atoms with E-state index in [4.69, 9.17) is 26.7 Å². The normalized spacial score (nSPS) is 11.1. The third kappa shape index (κ3) is 5.90. The van der Waals surface area contributed by atoms with Crippen LogP contribution in [0.3, 0.4) is 0 Å². The van der Waals surface area contributed by atoms with Gasteiger partial charge in [-0.15, -0.1) is 11.3 Å². The van der Waals surface area contributed by atoms with E-state index in [1.807, 2.05) is 61.5 Å². The van der Waals surface area contributed by atoms with Crippen molar-refractivity contribution in [3.05, 3.63) is 92.9 Å². The van der Waals surface area contributed by atoms with Gasteiger partial charge in [-0.25, -0.2) is 9.97 Å². The van der Waals surface area contributed by atoms with E-state index in [9.17, 15) is 4.79 Å². The molecule has 7 heteroatoms. The molecule has 0 radical (unpaired) electrons. The van der Waals surface area contributed by atoms with Crippen LogP contribution in [0.4, 0.5) is 11.5 Å². The van der Waals surface area contributed by atoms with E-state index < -0.39 is 5.97 Å². The van der Waals surface area contributed by atoms with Crippen molar-refractivity contribution in [2.45, 2.75) is 26.7 Å². The molecule has 172 valence electrons. The number of nitrogens with zero attached hydrogens (tertiary/aromatic N) is 2. The molecule has 0 amide bonds. The van der Waals surface area contributed by atoms with Gasteiger partial charge in [0.25, 0.3) is 0 Å². The minimum absolute atomic E-state index is 0.00439. The molecule has 2 aromatic heterocycles. The molecule has 0 aliphatic carbocycles. The molecule has 2 aromatic carbocycles. The Morgan fingerprint density at radius 3 is 2.44 bits per heavy atom. The molecule has 0 bridgehead atoms. The fraction of sp³-hybridized carbons (Fsp3) is 0.148. The van der Waals surface area contributed by atoms with Gasteiger partial charge in [0.2, 0.25) is 0 Å². The van der Waals surface area contributed by atoms with E-state index >= 15 is 0 Å². The predicted molar refractivity (Wildman–Crippen MR) is 141 cm³/mol. The standard InChI is InChI=1S/C27H24ClN3O2S/c1-3-23-17(2)29-27(31-26(23)30-21-11-6-19(7-12-21)16-25(32)33)24-15-14-22(34-24)13-8-18-4-9-20(28)10-5-18/h4-15H,3,16H2,1-2H3,(H,32,33)(H,29,30,31)/b13-8+. The van der Waals surface area contributed by atoms with Crippen molar-refractivity contribution in [3.63, 3.8) is 0 Å². The third-order valence-electron chi connectivity index (χ3n) is 5.30. The fourth-order valence-corrected chi connectivity index (χ4v) is 4.54. The quantitative estimate of drug-likeness (QED) is 0.272. The van der Waals surface area contributed by atoms with Gasteiger partial charge in [-0.05, 0) is 66.9 Å². The van der Waals surface area contributed by atoms with Crippen LogP contribution in [-0.4, -0.2) is 21.0 Å². The van der Waals surface area contributed by atoms with Crippen molar-refractivity contribution in [1.82, 2.24) is 9.97 Å². The molecule has 2 heterocycles. The summed E-state index contributed by atoms with van der Waals surface area (Å²) in [6.45, 7) is 4.08. The Kier molecular flexibility index (Phi) is 7.40. The van der Waals surface area contributed by atoms with Crippen LogP contribution in [0.15, 0.2) is 60.7 Å². The second kappa shape index (κ2) is 10.6. The van der Waals surface area contributed by atoms with Crippen molar-refractivity contribution in [2.24, 2.45) is 0 Å². The average Bonchev–Trinajstić information content (AvgIpc) is 3.29. The second-order valence-electron chi connectivity index (χ2n) is 7.79. The largest absolute Gasteiger partial charge is 0.481 e. The first-order valence-electron chi connectivity index (χ1n) is 10.9. The smallest absolute Gasteiger partial charge is 0.307 e. The summed E-state index contributed by atoms with van der Waals surface area (Å²) >= 11 is 7.59. The number of hydrogen-bond donors (Lipinski definition) is 2. The lowest BCUT2D eigenvalue weighted by Crippen LogP contribution is -2.05. The lowest BCUT2D eigenvalue weighted by molar-refractivity contribution is -0.136. The molecule has 0 unspecified atom stereocenters. The first-order valence-corrected chi connectivity index (χ1v) is 12.1. The van der Waals surface area contributed by atoms with E-state index in [-0.39, 0.29) is 6.42 Å². The SMILES string of the molecule is CCc1c(C)nc(-c2ccc(/C=C/c3ccc(Cl)cc3)s2)nc1Nc1ccc(CC(=O)O)cc1. The zero-order valence-corrected chi connectivity index (χ0v) is 20.5. The number of nitrogens with one attached hydrogen (secondary N) is 1. The summed E-state index contributed by atoms with van der Waals surface area (Å²) in [5.41, 5.74) is 4.68. The number of aryl methyl sites for hydroxylation is 1. The molecule has 5 nitrogen and oxygen atoms in total. The molecule has 0 aliphatic heterocycles. The third-order valence-corrected chi connectivity index (χ3v) is 6.60. The van der Waals surface area contributed by atoms with Crippen molar-refractivity contribution in [3.8, 4) is 10.7 Å². The molecule has 0 saturated heterocycles. The lowest BCUT2D eigenvalue weighted by atomic mass is 10.1. The molecule has 2 N–H and O–H groups in total. The maximum absolute atomic E-state index is 10.9. The van der Waals surface area contributed by atoms with Crippen LogP contribution < -0.4 is 5.32 Å². The topological polar surface area (TPSA) is 75.1 Å². The van der Waals surface area contributed by atoms with E-state index in [1.165, 1.54) is 0 Å². The first-order chi connectivity index (χ1) is 16.4. The number of thiophene rings is 1. The number of carboxylic acids is 1. The van der Waals surface area contributed by atoms with Gasteiger partial charge < -0.3 is 10.4 Å². The van der Waals surface area contributed by atoms with E-state index in [0.717, 1.165) is 55.1 Å². The Balaban J connectivity index is 1.57. The van der Waals surface area contributed by atoms with Crippen LogP contribution in [0.1, 0.15) is 34.2 Å². The lowest BCUT2D eigenvalue weighted by Gasteiger charge is -2.14. The number of aliphatic carboxylic acids is 1. The molecule has 0 aliphatic rings. The van der Waals surface area contributed by atoms with Gasteiger partial charge in [0.15, 0.2) is 5.82 Å². The van der Waals surface area contributed by atoms with Crippen molar-refractivity contribution in [1.29, 1.82) is 0 Å². The number of carboxylic acid groups (broad SMARTS) is 1. The molecule has 4 rings (SSSR count). The zero-order valence-electron chi connectivity index (χ0n) is 18.9. The second-order valence-corrected chi connectivity index (χ2v) is 9.34. The maximum Gasteiger partial charge on any atom is 0.307 e. The number of rotatable bonds is 8. The highest BCUT2D eigenvalue weighted by atomic mass is 35.5. The summed E-state index contributed by atoms with van der Waals surface area (Å²) < 4.78 is 0. The highest BCUT2D eigenvalue weighted by Crippen LogP contribution is 2.31. The summed E-state index contributed by atoms with van der Waals surface area (Å²) in [6.07, 6.45) is 4.93. The van der Waals surface area contributed by atoms with Gasteiger partial charge in [0.05, 0.1) is 11.3 Å². The van der Waals surface area contributed by atoms with E-state index in [0.29, 0.717) is 5.82 Å². The monoisotopic (exact) mass is 489 g/mol. The van der Waals surface area contributed by atoms with Crippen molar-refractivity contribution >= 4 is 52.6 Å². The van der Waals surface area contributed by atoms with Crippen LogP contribution in [0, 0.1) is 6.92 Å². The Labute approximate surface area is 207 Å². The predicted octanol–water partition coefficient (Wildman–Crippen LogP) is 7.27. The van der Waals surface area contributed by atoms with Crippen molar-refractivity contribution < 1.29 is 9.90 Å². The van der Waals surface area contributed by atoms with Crippen LogP contribution >= 0.6 is 22.9 Å². The fourth-order valence-electron chi connectivity index (χ4n) is 3.57. The van der Waals surface area contributed by atoms with Crippen molar-refractivity contribution in [2.75, 3.05) is 5.32 Å². The Bertz CT molecular complexity index is 1330. The Morgan fingerprint density at radius 2 is 1.76 bits per heavy atom. The number of aromatic nitrogens is 2. The Hall–Kier alpha value is -3.48.